The molecule has 134 valence electrons. The van der Waals surface area contributed by atoms with Crippen LogP contribution in [0.5, 0.6) is 0 Å². The maximum Gasteiger partial charge on any atom is 0.246 e. The van der Waals surface area contributed by atoms with Crippen molar-refractivity contribution in [1.82, 2.24) is 0 Å². The molecule has 0 bridgehead atoms. The summed E-state index contributed by atoms with van der Waals surface area (Å²) in [5, 5.41) is 11.0. The first kappa shape index (κ1) is 22.0. The van der Waals surface area contributed by atoms with Crippen molar-refractivity contribution >= 4 is 6.29 Å². The van der Waals surface area contributed by atoms with E-state index >= 15 is 0 Å². The summed E-state index contributed by atoms with van der Waals surface area (Å²) in [5.74, 6) is 0. The Morgan fingerprint density at radius 2 is 1.54 bits per heavy atom. The number of unbranched alkanes of at least 4 members (excludes halogenated alkanes) is 5. The molecule has 0 unspecified atom stereocenters. The molecule has 0 radical (unpaired) electrons. The molecule has 0 spiro atoms. The monoisotopic (exact) mass is 333 g/mol. The fraction of sp³-hybridized carbons (Fsp3) is 0.550. The topological polar surface area (TPSA) is 60.2 Å². The van der Waals surface area contributed by atoms with E-state index in [0.717, 1.165) is 32.0 Å². The second kappa shape index (κ2) is 17.4. The molecule has 0 aromatic carbocycles. The maximum atomic E-state index is 11.0. The molecule has 0 N–H and O–H groups in total. The first-order valence-corrected chi connectivity index (χ1v) is 8.94. The lowest BCUT2D eigenvalue weighted by atomic mass is 10.2. The van der Waals surface area contributed by atoms with Gasteiger partial charge in [-0.1, -0.05) is 56.2 Å². The Bertz CT molecular complexity index is 448. The van der Waals surface area contributed by atoms with Gasteiger partial charge in [-0.05, 0) is 44.6 Å². The summed E-state index contributed by atoms with van der Waals surface area (Å²) < 4.78 is 0. The summed E-state index contributed by atoms with van der Waals surface area (Å²) in [5.41, 5.74) is 0.249. The van der Waals surface area contributed by atoms with Crippen LogP contribution in [0, 0.1) is 10.1 Å². The maximum absolute atomic E-state index is 11.0. The van der Waals surface area contributed by atoms with Crippen molar-refractivity contribution in [2.75, 3.05) is 0 Å². The summed E-state index contributed by atoms with van der Waals surface area (Å²) in [4.78, 5) is 20.9. The zero-order chi connectivity index (χ0) is 17.9. The van der Waals surface area contributed by atoms with Crippen LogP contribution in [0.15, 0.2) is 48.2 Å². The molecular formula is C20H31NO3. The van der Waals surface area contributed by atoms with Gasteiger partial charge in [0.15, 0.2) is 0 Å². The minimum atomic E-state index is -0.301. The average Bonchev–Trinajstić information content (AvgIpc) is 2.57. The van der Waals surface area contributed by atoms with Crippen LogP contribution in [-0.4, -0.2) is 11.2 Å². The van der Waals surface area contributed by atoms with Gasteiger partial charge in [0.25, 0.3) is 0 Å². The number of aldehydes is 1. The first-order chi connectivity index (χ1) is 11.7. The molecule has 0 atom stereocenters. The van der Waals surface area contributed by atoms with Crippen molar-refractivity contribution in [2.24, 2.45) is 0 Å². The molecule has 4 heteroatoms. The second-order valence-corrected chi connectivity index (χ2v) is 5.64. The van der Waals surface area contributed by atoms with Gasteiger partial charge in [-0.2, -0.15) is 0 Å². The van der Waals surface area contributed by atoms with E-state index in [4.69, 9.17) is 0 Å². The second-order valence-electron chi connectivity index (χ2n) is 5.64. The van der Waals surface area contributed by atoms with E-state index in [2.05, 4.69) is 13.0 Å². The predicted octanol–water partition coefficient (Wildman–Crippen LogP) is 5.94. The van der Waals surface area contributed by atoms with Gasteiger partial charge in [0, 0.05) is 6.42 Å². The third-order valence-electron chi connectivity index (χ3n) is 3.49. The number of carbonyl (C=O) groups excluding carboxylic acids is 1. The molecule has 0 aliphatic rings. The minimum absolute atomic E-state index is 0.249. The molecule has 0 aliphatic heterocycles. The smallest absolute Gasteiger partial charge is 0.246 e. The van der Waals surface area contributed by atoms with E-state index in [1.165, 1.54) is 19.3 Å². The van der Waals surface area contributed by atoms with Gasteiger partial charge in [-0.3, -0.25) is 10.1 Å². The fourth-order valence-corrected chi connectivity index (χ4v) is 2.07. The quantitative estimate of drug-likeness (QED) is 0.123. The largest absolute Gasteiger partial charge is 0.303 e. The molecule has 0 aromatic heterocycles. The standard InChI is InChI=1S/C20H31NO3/c1-2-3-4-5-8-11-14-17-20(21(23)24)18-15-12-9-6-7-10-13-16-19-22/h6-8,11-12,15,17,19H,2-5,9-10,13-14,16,18H2,1H3/b7-6+,11-8+,15-12+,20-17-. The highest BCUT2D eigenvalue weighted by Crippen LogP contribution is 2.07. The molecule has 0 amide bonds. The van der Waals surface area contributed by atoms with Gasteiger partial charge in [-0.25, -0.2) is 0 Å². The van der Waals surface area contributed by atoms with E-state index in [1.54, 1.807) is 6.08 Å². The van der Waals surface area contributed by atoms with E-state index < -0.39 is 0 Å². The highest BCUT2D eigenvalue weighted by atomic mass is 16.6. The average molecular weight is 333 g/mol. The Balaban J connectivity index is 4.02. The Kier molecular flexibility index (Phi) is 16.0. The number of hydrogen-bond acceptors (Lipinski definition) is 3. The van der Waals surface area contributed by atoms with Gasteiger partial charge >= 0.3 is 0 Å². The Morgan fingerprint density at radius 1 is 0.875 bits per heavy atom. The lowest BCUT2D eigenvalue weighted by molar-refractivity contribution is -0.427. The van der Waals surface area contributed by atoms with Crippen molar-refractivity contribution in [1.29, 1.82) is 0 Å². The number of nitro groups is 1. The van der Waals surface area contributed by atoms with Gasteiger partial charge in [-0.15, -0.1) is 0 Å². The van der Waals surface area contributed by atoms with Crippen molar-refractivity contribution in [3.8, 4) is 0 Å². The zero-order valence-corrected chi connectivity index (χ0v) is 14.9. The van der Waals surface area contributed by atoms with Gasteiger partial charge in [0.2, 0.25) is 5.70 Å². The summed E-state index contributed by atoms with van der Waals surface area (Å²) in [6, 6.07) is 0. The predicted molar refractivity (Wildman–Crippen MR) is 100 cm³/mol. The number of carbonyl (C=O) groups is 1. The number of hydrogen-bond donors (Lipinski definition) is 0. The number of nitrogens with zero attached hydrogens (tertiary/aromatic N) is 1. The molecular weight excluding hydrogens is 302 g/mol. The van der Waals surface area contributed by atoms with Gasteiger partial charge in [0.1, 0.15) is 6.29 Å². The van der Waals surface area contributed by atoms with Gasteiger partial charge < -0.3 is 4.79 Å². The summed E-state index contributed by atoms with van der Waals surface area (Å²) in [6.45, 7) is 2.17. The summed E-state index contributed by atoms with van der Waals surface area (Å²) in [7, 11) is 0. The van der Waals surface area contributed by atoms with E-state index in [-0.39, 0.29) is 10.6 Å². The molecule has 0 fully saturated rings. The van der Waals surface area contributed by atoms with Crippen LogP contribution in [0.2, 0.25) is 0 Å². The van der Waals surface area contributed by atoms with Crippen LogP contribution in [0.1, 0.15) is 71.1 Å². The third kappa shape index (κ3) is 14.9. The van der Waals surface area contributed by atoms with Crippen LogP contribution in [0.3, 0.4) is 0 Å². The van der Waals surface area contributed by atoms with Crippen molar-refractivity contribution in [2.45, 2.75) is 71.1 Å². The van der Waals surface area contributed by atoms with Crippen molar-refractivity contribution in [3.63, 3.8) is 0 Å². The first-order valence-electron chi connectivity index (χ1n) is 8.94. The van der Waals surface area contributed by atoms with Crippen LogP contribution in [0.4, 0.5) is 0 Å². The zero-order valence-electron chi connectivity index (χ0n) is 14.9. The van der Waals surface area contributed by atoms with Gasteiger partial charge in [0.05, 0.1) is 11.3 Å². The van der Waals surface area contributed by atoms with E-state index in [9.17, 15) is 14.9 Å². The number of rotatable bonds is 15. The SMILES string of the molecule is CCCCC/C=C/C/C=C(/C/C=C/C/C=C/CCCC=O)[N+](=O)[O-]. The molecule has 0 saturated heterocycles. The molecule has 0 rings (SSSR count). The Labute approximate surface area is 146 Å². The fourth-order valence-electron chi connectivity index (χ4n) is 2.07. The molecule has 0 aromatic rings. The molecule has 0 saturated carbocycles. The molecule has 0 heterocycles. The highest BCUT2D eigenvalue weighted by Gasteiger charge is 2.06. The molecule has 24 heavy (non-hydrogen) atoms. The number of allylic oxidation sites excluding steroid dienone is 7. The summed E-state index contributed by atoms with van der Waals surface area (Å²) >= 11 is 0. The Morgan fingerprint density at radius 3 is 2.21 bits per heavy atom. The van der Waals surface area contributed by atoms with Crippen LogP contribution < -0.4 is 0 Å². The van der Waals surface area contributed by atoms with Crippen molar-refractivity contribution < 1.29 is 9.72 Å². The highest BCUT2D eigenvalue weighted by molar-refractivity contribution is 5.49. The minimum Gasteiger partial charge on any atom is -0.303 e. The van der Waals surface area contributed by atoms with Crippen LogP contribution in [-0.2, 0) is 4.79 Å². The molecule has 4 nitrogen and oxygen atoms in total. The molecule has 0 aliphatic carbocycles. The summed E-state index contributed by atoms with van der Waals surface area (Å²) in [6.07, 6.45) is 23.4. The Hall–Kier alpha value is -1.97. The normalized spacial score (nSPS) is 12.6. The van der Waals surface area contributed by atoms with Crippen LogP contribution in [0.25, 0.3) is 0 Å². The van der Waals surface area contributed by atoms with Crippen molar-refractivity contribution in [3.05, 3.63) is 58.3 Å². The van der Waals surface area contributed by atoms with E-state index in [0.29, 0.717) is 19.3 Å². The van der Waals surface area contributed by atoms with E-state index in [1.807, 2.05) is 30.4 Å². The lowest BCUT2D eigenvalue weighted by Gasteiger charge is -1.94. The third-order valence-corrected chi connectivity index (χ3v) is 3.49. The lowest BCUT2D eigenvalue weighted by Crippen LogP contribution is -1.97. The van der Waals surface area contributed by atoms with Crippen LogP contribution >= 0.6 is 0 Å².